The average Bonchev–Trinajstić information content (AvgIpc) is 2.80. The van der Waals surface area contributed by atoms with Crippen LogP contribution in [0.4, 0.5) is 0 Å². The molecule has 6 nitrogen and oxygen atoms in total. The highest BCUT2D eigenvalue weighted by Gasteiger charge is 2.54. The summed E-state index contributed by atoms with van der Waals surface area (Å²) in [5, 5.41) is 25.5. The molecule has 0 bridgehead atoms. The maximum absolute atomic E-state index is 11.7. The Hall–Kier alpha value is -0.240. The van der Waals surface area contributed by atoms with Gasteiger partial charge in [0, 0.05) is 0 Å². The lowest BCUT2D eigenvalue weighted by atomic mass is 9.85. The molecule has 2 radical (unpaired) electrons. The number of hydrogen-bond donors (Lipinski definition) is 0. The predicted octanol–water partition coefficient (Wildman–Crippen LogP) is 0.308. The lowest BCUT2D eigenvalue weighted by Crippen LogP contribution is -2.53. The van der Waals surface area contributed by atoms with Gasteiger partial charge in [0.1, 0.15) is 11.4 Å². The normalized spacial score (nSPS) is 46.1. The van der Waals surface area contributed by atoms with Gasteiger partial charge in [0.15, 0.2) is 0 Å². The molecule has 1 aliphatic carbocycles. The predicted molar refractivity (Wildman–Crippen MR) is 50.6 cm³/mol. The Morgan fingerprint density at radius 3 is 1.38 bits per heavy atom. The van der Waals surface area contributed by atoms with Crippen LogP contribution < -0.4 is 0 Å². The van der Waals surface area contributed by atoms with Gasteiger partial charge in [-0.2, -0.15) is 0 Å². The van der Waals surface area contributed by atoms with Crippen molar-refractivity contribution in [3.05, 3.63) is 0 Å². The zero-order valence-corrected chi connectivity index (χ0v) is 9.18. The van der Waals surface area contributed by atoms with Crippen molar-refractivity contribution < 1.29 is 19.9 Å². The summed E-state index contributed by atoms with van der Waals surface area (Å²) >= 11 is 0. The molecule has 0 atom stereocenters. The van der Waals surface area contributed by atoms with E-state index in [1.54, 1.807) is 0 Å². The zero-order valence-electron chi connectivity index (χ0n) is 9.18. The van der Waals surface area contributed by atoms with Crippen LogP contribution in [0, 0.1) is 0 Å². The first-order chi connectivity index (χ1) is 7.67. The van der Waals surface area contributed by atoms with E-state index in [1.807, 2.05) is 0 Å². The smallest absolute Gasteiger partial charge is 0.147 e. The molecule has 2 aliphatic heterocycles. The number of nitrogens with zero attached hydrogens (tertiary/aromatic N) is 2. The van der Waals surface area contributed by atoms with Gasteiger partial charge in [-0.15, -0.1) is 20.5 Å². The van der Waals surface area contributed by atoms with E-state index in [0.29, 0.717) is 52.0 Å². The molecule has 16 heavy (non-hydrogen) atoms. The third-order valence-electron chi connectivity index (χ3n) is 4.05. The lowest BCUT2D eigenvalue weighted by molar-refractivity contribution is -0.320. The Balaban J connectivity index is 1.72. The molecule has 0 N–H and O–H groups in total. The van der Waals surface area contributed by atoms with Crippen molar-refractivity contribution in [2.75, 3.05) is 26.3 Å². The van der Waals surface area contributed by atoms with Gasteiger partial charge in [-0.3, -0.25) is 0 Å². The molecule has 6 heteroatoms. The first kappa shape index (κ1) is 10.9. The maximum atomic E-state index is 11.7. The number of ether oxygens (including phenoxy) is 2. The van der Waals surface area contributed by atoms with E-state index in [-0.39, 0.29) is 0 Å². The highest BCUT2D eigenvalue weighted by Crippen LogP contribution is 2.45. The molecule has 0 amide bonds. The second-order valence-corrected chi connectivity index (χ2v) is 4.79. The third-order valence-corrected chi connectivity index (χ3v) is 4.05. The van der Waals surface area contributed by atoms with E-state index in [1.165, 1.54) is 0 Å². The quantitative estimate of drug-likeness (QED) is 0.598. The molecule has 0 aromatic rings. The number of hydroxylamine groups is 4. The van der Waals surface area contributed by atoms with Crippen molar-refractivity contribution >= 4 is 0 Å². The standard InChI is InChI=1S/C10H16N2O4/c13-11-5-7-15-9(11)1-2-10(4-3-9)12(14)6-8-16-10/h1-8H2. The summed E-state index contributed by atoms with van der Waals surface area (Å²) in [6.07, 6.45) is 2.37. The Morgan fingerprint density at radius 2 is 1.12 bits per heavy atom. The van der Waals surface area contributed by atoms with E-state index in [4.69, 9.17) is 9.47 Å². The molecule has 90 valence electrons. The van der Waals surface area contributed by atoms with Gasteiger partial charge in [-0.05, 0) is 25.7 Å². The second-order valence-electron chi connectivity index (χ2n) is 4.79. The van der Waals surface area contributed by atoms with Crippen molar-refractivity contribution in [1.29, 1.82) is 0 Å². The van der Waals surface area contributed by atoms with Crippen LogP contribution in [-0.2, 0) is 19.9 Å². The number of hydrogen-bond acceptors (Lipinski definition) is 4. The fourth-order valence-corrected chi connectivity index (χ4v) is 3.01. The SMILES string of the molecule is [O]N1CCOC12CCC1(CC2)OCCN1[O]. The van der Waals surface area contributed by atoms with E-state index in [9.17, 15) is 10.4 Å². The molecule has 0 unspecified atom stereocenters. The van der Waals surface area contributed by atoms with Crippen molar-refractivity contribution in [3.63, 3.8) is 0 Å². The van der Waals surface area contributed by atoms with Crippen molar-refractivity contribution in [2.45, 2.75) is 37.1 Å². The van der Waals surface area contributed by atoms with E-state index >= 15 is 0 Å². The van der Waals surface area contributed by atoms with Gasteiger partial charge in [0.25, 0.3) is 0 Å². The Morgan fingerprint density at radius 1 is 0.750 bits per heavy atom. The van der Waals surface area contributed by atoms with E-state index in [2.05, 4.69) is 0 Å². The van der Waals surface area contributed by atoms with Gasteiger partial charge < -0.3 is 9.47 Å². The average molecular weight is 228 g/mol. The van der Waals surface area contributed by atoms with Gasteiger partial charge in [-0.25, -0.2) is 0 Å². The molecule has 3 aliphatic rings. The first-order valence-corrected chi connectivity index (χ1v) is 5.84. The molecule has 2 spiro atoms. The minimum absolute atomic E-state index is 0.439. The van der Waals surface area contributed by atoms with Crippen LogP contribution in [0.5, 0.6) is 0 Å². The van der Waals surface area contributed by atoms with E-state index in [0.717, 1.165) is 10.1 Å². The van der Waals surface area contributed by atoms with Gasteiger partial charge in [0.05, 0.1) is 26.3 Å². The van der Waals surface area contributed by atoms with E-state index < -0.39 is 11.4 Å². The maximum Gasteiger partial charge on any atom is 0.147 e. The van der Waals surface area contributed by atoms with Crippen LogP contribution in [0.3, 0.4) is 0 Å². The second kappa shape index (κ2) is 3.63. The van der Waals surface area contributed by atoms with Crippen molar-refractivity contribution in [2.24, 2.45) is 0 Å². The summed E-state index contributed by atoms with van der Waals surface area (Å²) in [4.78, 5) is 0. The summed E-state index contributed by atoms with van der Waals surface area (Å²) in [5.74, 6) is 0. The lowest BCUT2D eigenvalue weighted by Gasteiger charge is -2.43. The summed E-state index contributed by atoms with van der Waals surface area (Å²) in [6, 6.07) is 0. The van der Waals surface area contributed by atoms with Crippen LogP contribution in [-0.4, -0.2) is 47.9 Å². The fraction of sp³-hybridized carbons (Fsp3) is 1.00. The summed E-state index contributed by atoms with van der Waals surface area (Å²) < 4.78 is 11.1. The van der Waals surface area contributed by atoms with Crippen molar-refractivity contribution in [3.8, 4) is 0 Å². The summed E-state index contributed by atoms with van der Waals surface area (Å²) in [6.45, 7) is 1.88. The van der Waals surface area contributed by atoms with Crippen LogP contribution in [0.25, 0.3) is 0 Å². The molecular formula is C10H16N2O4. The van der Waals surface area contributed by atoms with Crippen LogP contribution >= 0.6 is 0 Å². The molecule has 3 rings (SSSR count). The minimum atomic E-state index is -0.669. The monoisotopic (exact) mass is 228 g/mol. The van der Waals surface area contributed by atoms with Gasteiger partial charge in [0.2, 0.25) is 0 Å². The Bertz CT molecular complexity index is 250. The van der Waals surface area contributed by atoms with Crippen molar-refractivity contribution in [1.82, 2.24) is 10.1 Å². The fourth-order valence-electron chi connectivity index (χ4n) is 3.01. The minimum Gasteiger partial charge on any atom is -0.357 e. The molecule has 0 aromatic heterocycles. The Labute approximate surface area is 94.2 Å². The summed E-state index contributed by atoms with van der Waals surface area (Å²) in [5.41, 5.74) is -1.34. The molecular weight excluding hydrogens is 212 g/mol. The highest BCUT2D eigenvalue weighted by atomic mass is 16.6. The molecule has 2 heterocycles. The number of rotatable bonds is 0. The third kappa shape index (κ3) is 1.42. The Kier molecular flexibility index (Phi) is 2.47. The largest absolute Gasteiger partial charge is 0.357 e. The molecule has 0 aromatic carbocycles. The van der Waals surface area contributed by atoms with Gasteiger partial charge >= 0.3 is 0 Å². The molecule has 2 saturated heterocycles. The zero-order chi connectivity index (χ0) is 11.2. The van der Waals surface area contributed by atoms with Crippen LogP contribution in [0.1, 0.15) is 25.7 Å². The summed E-state index contributed by atoms with van der Waals surface area (Å²) in [7, 11) is 0. The van der Waals surface area contributed by atoms with Crippen LogP contribution in [0.15, 0.2) is 0 Å². The topological polar surface area (TPSA) is 64.7 Å². The molecule has 3 fully saturated rings. The first-order valence-electron chi connectivity index (χ1n) is 5.84. The molecule has 1 saturated carbocycles. The van der Waals surface area contributed by atoms with Crippen LogP contribution in [0.2, 0.25) is 0 Å². The van der Waals surface area contributed by atoms with Gasteiger partial charge in [-0.1, -0.05) is 0 Å². The highest BCUT2D eigenvalue weighted by molar-refractivity contribution is 4.95.